The zero-order chi connectivity index (χ0) is 18.1. The van der Waals surface area contributed by atoms with Crippen LogP contribution in [-0.4, -0.2) is 27.3 Å². The molecule has 2 aromatic heterocycles. The third-order valence-electron chi connectivity index (χ3n) is 3.99. The lowest BCUT2D eigenvalue weighted by molar-refractivity contribution is 0.414. The van der Waals surface area contributed by atoms with E-state index in [9.17, 15) is 4.79 Å². The topological polar surface area (TPSA) is 83.0 Å². The number of halogens is 1. The highest BCUT2D eigenvalue weighted by atomic mass is 79.9. The second-order valence-corrected chi connectivity index (χ2v) is 6.46. The Kier molecular flexibility index (Phi) is 4.26. The SMILES string of the molecule is COc1ccc(Cn2nnnc2-c2cc3c(Br)cccc3oc2=O)cc1. The molecule has 130 valence electrons. The quantitative estimate of drug-likeness (QED) is 0.478. The van der Waals surface area contributed by atoms with Crippen molar-refractivity contribution in [1.29, 1.82) is 0 Å². The summed E-state index contributed by atoms with van der Waals surface area (Å²) in [6.45, 7) is 0.416. The Morgan fingerprint density at radius 3 is 2.77 bits per heavy atom. The predicted molar refractivity (Wildman–Crippen MR) is 99.1 cm³/mol. The minimum atomic E-state index is -0.485. The van der Waals surface area contributed by atoms with Crippen molar-refractivity contribution in [2.24, 2.45) is 0 Å². The molecule has 0 fully saturated rings. The molecule has 0 unspecified atom stereocenters. The maximum absolute atomic E-state index is 12.4. The number of methoxy groups -OCH3 is 1. The van der Waals surface area contributed by atoms with Gasteiger partial charge >= 0.3 is 5.63 Å². The van der Waals surface area contributed by atoms with Gasteiger partial charge in [-0.1, -0.05) is 34.1 Å². The van der Waals surface area contributed by atoms with Gasteiger partial charge in [-0.2, -0.15) is 0 Å². The third kappa shape index (κ3) is 2.99. The van der Waals surface area contributed by atoms with Gasteiger partial charge in [0, 0.05) is 9.86 Å². The molecule has 0 radical (unpaired) electrons. The molecule has 26 heavy (non-hydrogen) atoms. The van der Waals surface area contributed by atoms with E-state index in [-0.39, 0.29) is 0 Å². The van der Waals surface area contributed by atoms with Gasteiger partial charge in [-0.3, -0.25) is 0 Å². The van der Waals surface area contributed by atoms with E-state index >= 15 is 0 Å². The first kappa shape index (κ1) is 16.5. The van der Waals surface area contributed by atoms with E-state index in [4.69, 9.17) is 9.15 Å². The van der Waals surface area contributed by atoms with Crippen LogP contribution in [0.1, 0.15) is 5.56 Å². The number of tetrazole rings is 1. The van der Waals surface area contributed by atoms with Crippen LogP contribution in [0.25, 0.3) is 22.4 Å². The Bertz CT molecular complexity index is 1140. The highest BCUT2D eigenvalue weighted by Crippen LogP contribution is 2.26. The first-order chi connectivity index (χ1) is 12.7. The molecule has 2 aromatic carbocycles. The number of benzene rings is 2. The lowest BCUT2D eigenvalue weighted by Gasteiger charge is -2.06. The molecule has 0 N–H and O–H groups in total. The van der Waals surface area contributed by atoms with Crippen LogP contribution in [0, 0.1) is 0 Å². The van der Waals surface area contributed by atoms with E-state index in [1.807, 2.05) is 36.4 Å². The summed E-state index contributed by atoms with van der Waals surface area (Å²) in [5, 5.41) is 12.5. The van der Waals surface area contributed by atoms with Gasteiger partial charge in [0.1, 0.15) is 16.9 Å². The molecule has 0 aliphatic carbocycles. The van der Waals surface area contributed by atoms with Crippen molar-refractivity contribution in [1.82, 2.24) is 20.2 Å². The number of hydrogen-bond donors (Lipinski definition) is 0. The second-order valence-electron chi connectivity index (χ2n) is 5.61. The minimum absolute atomic E-state index is 0.308. The lowest BCUT2D eigenvalue weighted by atomic mass is 10.1. The highest BCUT2D eigenvalue weighted by molar-refractivity contribution is 9.10. The third-order valence-corrected chi connectivity index (χ3v) is 4.68. The van der Waals surface area contributed by atoms with E-state index in [1.165, 1.54) is 0 Å². The second kappa shape index (κ2) is 6.72. The van der Waals surface area contributed by atoms with Gasteiger partial charge in [-0.15, -0.1) is 5.10 Å². The monoisotopic (exact) mass is 412 g/mol. The summed E-state index contributed by atoms with van der Waals surface area (Å²) in [5.74, 6) is 1.12. The number of nitrogens with zero attached hydrogens (tertiary/aromatic N) is 4. The van der Waals surface area contributed by atoms with Crippen molar-refractivity contribution in [3.05, 3.63) is 69.0 Å². The van der Waals surface area contributed by atoms with Crippen molar-refractivity contribution in [3.8, 4) is 17.1 Å². The number of hydrogen-bond acceptors (Lipinski definition) is 6. The van der Waals surface area contributed by atoms with Gasteiger partial charge in [0.25, 0.3) is 0 Å². The van der Waals surface area contributed by atoms with Crippen molar-refractivity contribution in [3.63, 3.8) is 0 Å². The number of aromatic nitrogens is 4. The summed E-state index contributed by atoms with van der Waals surface area (Å²) in [6.07, 6.45) is 0. The molecule has 7 nitrogen and oxygen atoms in total. The molecule has 4 aromatic rings. The molecule has 0 saturated heterocycles. The van der Waals surface area contributed by atoms with E-state index in [1.54, 1.807) is 23.9 Å². The Morgan fingerprint density at radius 2 is 2.00 bits per heavy atom. The lowest BCUT2D eigenvalue weighted by Crippen LogP contribution is -2.10. The first-order valence-electron chi connectivity index (χ1n) is 7.77. The Morgan fingerprint density at radius 1 is 1.19 bits per heavy atom. The van der Waals surface area contributed by atoms with Crippen molar-refractivity contribution in [2.45, 2.75) is 6.54 Å². The zero-order valence-corrected chi connectivity index (χ0v) is 15.3. The average Bonchev–Trinajstić information content (AvgIpc) is 3.10. The molecule has 4 rings (SSSR count). The summed E-state index contributed by atoms with van der Waals surface area (Å²) >= 11 is 3.47. The van der Waals surface area contributed by atoms with Crippen LogP contribution >= 0.6 is 15.9 Å². The van der Waals surface area contributed by atoms with Crippen LogP contribution in [0.3, 0.4) is 0 Å². The molecule has 0 spiro atoms. The number of fused-ring (bicyclic) bond motifs is 1. The maximum Gasteiger partial charge on any atom is 0.347 e. The predicted octanol–water partition coefficient (Wildman–Crippen LogP) is 3.27. The minimum Gasteiger partial charge on any atom is -0.497 e. The van der Waals surface area contributed by atoms with E-state index < -0.39 is 5.63 Å². The molecular formula is C18H13BrN4O3. The normalized spacial score (nSPS) is 11.0. The average molecular weight is 413 g/mol. The van der Waals surface area contributed by atoms with Gasteiger partial charge in [-0.25, -0.2) is 9.48 Å². The Labute approximate surface area is 156 Å². The van der Waals surface area contributed by atoms with Crippen LogP contribution in [0.5, 0.6) is 5.75 Å². The molecule has 2 heterocycles. The number of rotatable bonds is 4. The van der Waals surface area contributed by atoms with Crippen LogP contribution in [-0.2, 0) is 6.54 Å². The van der Waals surface area contributed by atoms with E-state index in [0.29, 0.717) is 23.5 Å². The van der Waals surface area contributed by atoms with Gasteiger partial charge in [0.15, 0.2) is 5.82 Å². The highest BCUT2D eigenvalue weighted by Gasteiger charge is 2.16. The summed E-state index contributed by atoms with van der Waals surface area (Å²) < 4.78 is 13.0. The number of ether oxygens (including phenoxy) is 1. The fourth-order valence-electron chi connectivity index (χ4n) is 2.67. The molecule has 0 aliphatic heterocycles. The Hall–Kier alpha value is -3.00. The summed E-state index contributed by atoms with van der Waals surface area (Å²) in [7, 11) is 1.62. The summed E-state index contributed by atoms with van der Waals surface area (Å²) in [5.41, 5.74) is 1.30. The zero-order valence-electron chi connectivity index (χ0n) is 13.7. The molecule has 0 bridgehead atoms. The molecule has 0 aliphatic rings. The molecule has 0 saturated carbocycles. The van der Waals surface area contributed by atoms with E-state index in [2.05, 4.69) is 31.5 Å². The van der Waals surface area contributed by atoms with Crippen LogP contribution < -0.4 is 10.4 Å². The van der Waals surface area contributed by atoms with Gasteiger partial charge in [0.05, 0.1) is 13.7 Å². The Balaban J connectivity index is 1.76. The molecule has 0 atom stereocenters. The standard InChI is InChI=1S/C18H13BrN4O3/c1-25-12-7-5-11(6-8-12)10-23-17(20-21-22-23)14-9-13-15(19)3-2-4-16(13)26-18(14)24/h2-9H,10H2,1H3. The molecular weight excluding hydrogens is 400 g/mol. The van der Waals surface area contributed by atoms with Crippen molar-refractivity contribution >= 4 is 26.9 Å². The van der Waals surface area contributed by atoms with Gasteiger partial charge < -0.3 is 9.15 Å². The van der Waals surface area contributed by atoms with E-state index in [0.717, 1.165) is 21.2 Å². The van der Waals surface area contributed by atoms with Crippen LogP contribution in [0.15, 0.2) is 62.2 Å². The van der Waals surface area contributed by atoms with Gasteiger partial charge in [-0.05, 0) is 46.3 Å². The van der Waals surface area contributed by atoms with Crippen molar-refractivity contribution in [2.75, 3.05) is 7.11 Å². The van der Waals surface area contributed by atoms with Crippen LogP contribution in [0.4, 0.5) is 0 Å². The smallest absolute Gasteiger partial charge is 0.347 e. The summed E-state index contributed by atoms with van der Waals surface area (Å²) in [4.78, 5) is 12.4. The molecule has 0 amide bonds. The van der Waals surface area contributed by atoms with Crippen LogP contribution in [0.2, 0.25) is 0 Å². The van der Waals surface area contributed by atoms with Gasteiger partial charge in [0.2, 0.25) is 0 Å². The fourth-order valence-corrected chi connectivity index (χ4v) is 3.13. The fraction of sp³-hybridized carbons (Fsp3) is 0.111. The summed E-state index contributed by atoms with van der Waals surface area (Å²) in [6, 6.07) is 14.7. The molecule has 8 heteroatoms. The largest absolute Gasteiger partial charge is 0.497 e. The maximum atomic E-state index is 12.4. The van der Waals surface area contributed by atoms with Crippen molar-refractivity contribution < 1.29 is 9.15 Å². The first-order valence-corrected chi connectivity index (χ1v) is 8.57.